The number of nitrogens with two attached hydrogens (primary N) is 1. The van der Waals surface area contributed by atoms with Gasteiger partial charge in [-0.25, -0.2) is 4.98 Å². The fraction of sp³-hybridized carbons (Fsp3) is 0.545. The molecule has 2 aromatic rings. The lowest BCUT2D eigenvalue weighted by Gasteiger charge is -2.26. The first-order valence-corrected chi connectivity index (χ1v) is 11.0. The number of nitrogens with one attached hydrogen (secondary N) is 1. The molecule has 1 unspecified atom stereocenters. The van der Waals surface area contributed by atoms with E-state index in [9.17, 15) is 38.4 Å². The van der Waals surface area contributed by atoms with Crippen LogP contribution < -0.4 is 21.1 Å². The molecule has 5 atom stereocenters. The molecule has 0 saturated carbocycles. The summed E-state index contributed by atoms with van der Waals surface area (Å²) in [6.07, 6.45) is -4.84. The second-order valence-electron chi connectivity index (χ2n) is 5.99. The van der Waals surface area contributed by atoms with Crippen molar-refractivity contribution in [3.8, 4) is 0 Å². The lowest BCUT2D eigenvalue weighted by molar-refractivity contribution is -0.321. The average Bonchev–Trinajstić information content (AvgIpc) is 3.06. The molecular weight excluding hydrogens is 427 g/mol. The van der Waals surface area contributed by atoms with Gasteiger partial charge in [-0.1, -0.05) is 4.20 Å². The number of aliphatic hydroxyl groups excluding tert-OH is 2. The molecule has 0 spiro atoms. The minimum absolute atomic E-state index is 0.0587. The summed E-state index contributed by atoms with van der Waals surface area (Å²) in [6, 6.07) is 0. The minimum atomic E-state index is -5.57. The van der Waals surface area contributed by atoms with E-state index < -0.39 is 58.2 Å². The number of aromatic amines is 1. The Kier molecular flexibility index (Phi) is 5.57. The molecule has 0 bridgehead atoms. The molecule has 3 heterocycles. The lowest BCUT2D eigenvalue weighted by atomic mass is 10.1. The van der Waals surface area contributed by atoms with Crippen molar-refractivity contribution >= 4 is 32.7 Å². The SMILES string of the molecule is Nc1nc2c(ncn2[C@@H]2O[C@H](COP(=O)(O)C[P+]([O-])([O-])F)[C@@H](O)[C@H]2O)c(=O)[nH]1. The standard InChI is InChI=1S/C11H16FN5O9P2/c12-27(21,22)3-28(23,24)25-1-4-6(18)7(19)10(26-4)17-2-14-5-8(17)15-11(13)16-9(5)20/h2,4,6-7,10,18-19H,1,3H2,(H,21,22)(H,23,24)(H3,13,15,16,20)/p-1/t4-,6-,7-,10-/m1/s1. The number of aliphatic hydroxyl groups is 2. The van der Waals surface area contributed by atoms with Crippen LogP contribution in [0.4, 0.5) is 10.1 Å². The summed E-state index contributed by atoms with van der Waals surface area (Å²) in [4.78, 5) is 52.1. The molecule has 0 aliphatic carbocycles. The van der Waals surface area contributed by atoms with Gasteiger partial charge in [0.25, 0.3) is 5.56 Å². The van der Waals surface area contributed by atoms with Crippen molar-refractivity contribution in [3.63, 3.8) is 0 Å². The maximum absolute atomic E-state index is 12.6. The van der Waals surface area contributed by atoms with E-state index in [0.717, 1.165) is 10.9 Å². The molecule has 17 heteroatoms. The highest BCUT2D eigenvalue weighted by atomic mass is 31.3. The zero-order valence-electron chi connectivity index (χ0n) is 13.8. The second kappa shape index (κ2) is 7.37. The number of rotatable bonds is 6. The molecule has 0 aromatic carbocycles. The van der Waals surface area contributed by atoms with Crippen LogP contribution in [-0.2, 0) is 13.8 Å². The molecule has 0 radical (unpaired) electrons. The van der Waals surface area contributed by atoms with Crippen LogP contribution in [-0.4, -0.2) is 65.4 Å². The Morgan fingerprint density at radius 2 is 2.14 bits per heavy atom. The van der Waals surface area contributed by atoms with E-state index in [1.54, 1.807) is 0 Å². The number of nitrogen functional groups attached to an aromatic ring is 1. The summed E-state index contributed by atoms with van der Waals surface area (Å²) >= 11 is 0. The third-order valence-corrected chi connectivity index (χ3v) is 7.18. The topological polar surface area (TPSA) is 232 Å². The van der Waals surface area contributed by atoms with Crippen LogP contribution >= 0.6 is 15.6 Å². The molecule has 1 fully saturated rings. The van der Waals surface area contributed by atoms with E-state index in [1.165, 1.54) is 0 Å². The second-order valence-corrected chi connectivity index (χ2v) is 9.83. The maximum Gasteiger partial charge on any atom is 0.367 e. The van der Waals surface area contributed by atoms with E-state index in [0.29, 0.717) is 0 Å². The highest BCUT2D eigenvalue weighted by molar-refractivity contribution is 7.72. The zero-order chi connectivity index (χ0) is 20.9. The van der Waals surface area contributed by atoms with Crippen molar-refractivity contribution in [3.05, 3.63) is 16.7 Å². The van der Waals surface area contributed by atoms with Crippen molar-refractivity contribution in [1.82, 2.24) is 19.5 Å². The number of ether oxygens (including phenoxy) is 1. The predicted octanol–water partition coefficient (Wildman–Crippen LogP) is -3.07. The number of fused-ring (bicyclic) bond motifs is 1. The summed E-state index contributed by atoms with van der Waals surface area (Å²) < 4.78 is 35.1. The fourth-order valence-corrected chi connectivity index (χ4v) is 5.08. The summed E-state index contributed by atoms with van der Waals surface area (Å²) in [7, 11) is -10.4. The van der Waals surface area contributed by atoms with Gasteiger partial charge in [0.15, 0.2) is 23.3 Å². The van der Waals surface area contributed by atoms with Crippen LogP contribution in [0.25, 0.3) is 11.2 Å². The lowest BCUT2D eigenvalue weighted by Crippen LogP contribution is -2.33. The van der Waals surface area contributed by atoms with Gasteiger partial charge in [-0.05, 0) is 0 Å². The summed E-state index contributed by atoms with van der Waals surface area (Å²) in [5, 5.41) is 20.3. The predicted molar refractivity (Wildman–Crippen MR) is 87.2 cm³/mol. The Bertz CT molecular complexity index is 977. The van der Waals surface area contributed by atoms with Crippen molar-refractivity contribution in [2.45, 2.75) is 24.5 Å². The van der Waals surface area contributed by atoms with E-state index in [1.807, 2.05) is 0 Å². The Balaban J connectivity index is 1.78. The highest BCUT2D eigenvalue weighted by Gasteiger charge is 2.45. The Morgan fingerprint density at radius 3 is 2.79 bits per heavy atom. The molecule has 6 N–H and O–H groups in total. The van der Waals surface area contributed by atoms with Gasteiger partial charge in [-0.3, -0.25) is 18.9 Å². The molecular formula is C11H15FN5O9P2-. The molecule has 1 saturated heterocycles. The third-order valence-electron chi connectivity index (χ3n) is 3.85. The number of hydrogen-bond donors (Lipinski definition) is 5. The van der Waals surface area contributed by atoms with Crippen LogP contribution in [0, 0.1) is 0 Å². The molecule has 14 nitrogen and oxygen atoms in total. The Labute approximate surface area is 155 Å². The average molecular weight is 442 g/mol. The summed E-state index contributed by atoms with van der Waals surface area (Å²) in [5.74, 6) is -1.98. The van der Waals surface area contributed by atoms with Crippen LogP contribution in [0.3, 0.4) is 0 Å². The first-order chi connectivity index (χ1) is 12.9. The normalized spacial score (nSPS) is 27.9. The van der Waals surface area contributed by atoms with Crippen molar-refractivity contribution in [2.75, 3.05) is 18.2 Å². The minimum Gasteiger partial charge on any atom is -0.655 e. The largest absolute Gasteiger partial charge is 0.655 e. The van der Waals surface area contributed by atoms with Crippen LogP contribution in [0.1, 0.15) is 6.23 Å². The molecule has 1 aliphatic heterocycles. The molecule has 156 valence electrons. The number of halogens is 1. The Morgan fingerprint density at radius 1 is 1.46 bits per heavy atom. The smallest absolute Gasteiger partial charge is 0.367 e. The van der Waals surface area contributed by atoms with Gasteiger partial charge in [0.05, 0.1) is 12.9 Å². The number of nitrogens with zero attached hydrogens (tertiary/aromatic N) is 3. The molecule has 0 amide bonds. The van der Waals surface area contributed by atoms with Crippen molar-refractivity contribution < 1.29 is 42.9 Å². The summed E-state index contributed by atoms with van der Waals surface area (Å²) in [5.41, 5.74) is 4.64. The number of hydrogen-bond acceptors (Lipinski definition) is 11. The quantitative estimate of drug-likeness (QED) is 0.281. The first kappa shape index (κ1) is 21.2. The van der Waals surface area contributed by atoms with Gasteiger partial charge >= 0.3 is 7.60 Å². The maximum atomic E-state index is 12.6. The molecule has 28 heavy (non-hydrogen) atoms. The first-order valence-electron chi connectivity index (χ1n) is 7.58. The van der Waals surface area contributed by atoms with Crippen molar-refractivity contribution in [1.29, 1.82) is 0 Å². The molecule has 3 rings (SSSR count). The van der Waals surface area contributed by atoms with Crippen LogP contribution in [0.15, 0.2) is 11.1 Å². The zero-order valence-corrected chi connectivity index (χ0v) is 15.6. The number of aromatic nitrogens is 4. The third kappa shape index (κ3) is 4.38. The van der Waals surface area contributed by atoms with Gasteiger partial charge in [0.2, 0.25) is 5.95 Å². The van der Waals surface area contributed by atoms with Gasteiger partial charge in [-0.2, -0.15) is 4.98 Å². The van der Waals surface area contributed by atoms with E-state index in [2.05, 4.69) is 19.5 Å². The van der Waals surface area contributed by atoms with Gasteiger partial charge < -0.3 is 39.9 Å². The van der Waals surface area contributed by atoms with Gasteiger partial charge in [0.1, 0.15) is 26.3 Å². The van der Waals surface area contributed by atoms with Crippen LogP contribution in [0.5, 0.6) is 0 Å². The number of anilines is 1. The van der Waals surface area contributed by atoms with Gasteiger partial charge in [0, 0.05) is 0 Å². The fourth-order valence-electron chi connectivity index (χ4n) is 2.67. The highest BCUT2D eigenvalue weighted by Crippen LogP contribution is 2.58. The van der Waals surface area contributed by atoms with Gasteiger partial charge in [-0.15, -0.1) is 0 Å². The van der Waals surface area contributed by atoms with E-state index in [4.69, 9.17) is 10.5 Å². The molecule has 2 aromatic heterocycles. The van der Waals surface area contributed by atoms with E-state index >= 15 is 0 Å². The monoisotopic (exact) mass is 442 g/mol. The summed E-state index contributed by atoms with van der Waals surface area (Å²) in [6.45, 7) is -0.828. The van der Waals surface area contributed by atoms with Crippen LogP contribution in [0.2, 0.25) is 0 Å². The number of H-pyrrole nitrogens is 1. The molecule has 1 aliphatic rings. The number of imidazole rings is 1. The van der Waals surface area contributed by atoms with E-state index in [-0.39, 0.29) is 17.1 Å². The van der Waals surface area contributed by atoms with Crippen molar-refractivity contribution in [2.24, 2.45) is 0 Å². The Hall–Kier alpha value is -1.54.